The number of carbonyl (C=O) groups excluding carboxylic acids is 2. The van der Waals surface area contributed by atoms with Gasteiger partial charge >= 0.3 is 0 Å². The standard InChI is InChI=1S/C24H29N5O3/c1-5-28(6-2)21(17-12-8-7-9-13-17)23(31)26-25-22(30)20-18-14-10-11-15-19(18)24(32)29(27-20)16(3)4/h7-16,21H,5-6H2,1-4H3,(H,25,30)(H,26,31). The molecule has 1 aromatic heterocycles. The van der Waals surface area contributed by atoms with Crippen molar-refractivity contribution in [3.8, 4) is 0 Å². The zero-order valence-electron chi connectivity index (χ0n) is 18.8. The normalized spacial score (nSPS) is 12.2. The lowest BCUT2D eigenvalue weighted by atomic mass is 10.0. The van der Waals surface area contributed by atoms with Gasteiger partial charge in [-0.05, 0) is 38.6 Å². The zero-order valence-corrected chi connectivity index (χ0v) is 18.8. The fraction of sp³-hybridized carbons (Fsp3) is 0.333. The molecule has 2 aromatic carbocycles. The number of aromatic nitrogens is 2. The lowest BCUT2D eigenvalue weighted by Crippen LogP contribution is -2.48. The molecule has 0 saturated heterocycles. The molecule has 8 heteroatoms. The molecule has 3 aromatic rings. The van der Waals surface area contributed by atoms with E-state index < -0.39 is 11.9 Å². The zero-order chi connectivity index (χ0) is 23.3. The first kappa shape index (κ1) is 23.1. The molecule has 0 aliphatic rings. The Labute approximate surface area is 187 Å². The van der Waals surface area contributed by atoms with E-state index in [-0.39, 0.29) is 23.2 Å². The van der Waals surface area contributed by atoms with Crippen molar-refractivity contribution in [3.63, 3.8) is 0 Å². The fourth-order valence-electron chi connectivity index (χ4n) is 3.72. The Bertz CT molecular complexity index is 1150. The number of carbonyl (C=O) groups is 2. The molecule has 0 radical (unpaired) electrons. The van der Waals surface area contributed by atoms with Crippen LogP contribution in [0.5, 0.6) is 0 Å². The van der Waals surface area contributed by atoms with Crippen molar-refractivity contribution < 1.29 is 9.59 Å². The molecule has 0 saturated carbocycles. The number of benzene rings is 2. The quantitative estimate of drug-likeness (QED) is 0.557. The highest BCUT2D eigenvalue weighted by Gasteiger charge is 2.27. The predicted octanol–water partition coefficient (Wildman–Crippen LogP) is 2.82. The van der Waals surface area contributed by atoms with Crippen LogP contribution in [0.15, 0.2) is 59.4 Å². The van der Waals surface area contributed by atoms with Crippen LogP contribution in [0.25, 0.3) is 10.8 Å². The van der Waals surface area contributed by atoms with Crippen LogP contribution in [0.2, 0.25) is 0 Å². The van der Waals surface area contributed by atoms with Crippen molar-refractivity contribution in [2.75, 3.05) is 13.1 Å². The van der Waals surface area contributed by atoms with Crippen LogP contribution >= 0.6 is 0 Å². The van der Waals surface area contributed by atoms with Crippen molar-refractivity contribution in [1.29, 1.82) is 0 Å². The summed E-state index contributed by atoms with van der Waals surface area (Å²) in [6, 6.07) is 15.5. The minimum Gasteiger partial charge on any atom is -0.289 e. The molecule has 1 atom stereocenters. The Morgan fingerprint density at radius 2 is 1.53 bits per heavy atom. The molecular formula is C24H29N5O3. The highest BCUT2D eigenvalue weighted by Crippen LogP contribution is 2.20. The molecule has 8 nitrogen and oxygen atoms in total. The summed E-state index contributed by atoms with van der Waals surface area (Å²) in [6.07, 6.45) is 0. The molecule has 0 bridgehead atoms. The Hall–Kier alpha value is -3.52. The van der Waals surface area contributed by atoms with Gasteiger partial charge in [0.25, 0.3) is 17.4 Å². The number of nitrogens with zero attached hydrogens (tertiary/aromatic N) is 3. The van der Waals surface area contributed by atoms with Gasteiger partial charge in [0.15, 0.2) is 5.69 Å². The van der Waals surface area contributed by atoms with E-state index in [4.69, 9.17) is 0 Å². The summed E-state index contributed by atoms with van der Waals surface area (Å²) in [7, 11) is 0. The molecule has 3 rings (SSSR count). The summed E-state index contributed by atoms with van der Waals surface area (Å²) in [6.45, 7) is 8.95. The second kappa shape index (κ2) is 10.2. The van der Waals surface area contributed by atoms with E-state index in [2.05, 4.69) is 16.0 Å². The van der Waals surface area contributed by atoms with Crippen molar-refractivity contribution in [2.24, 2.45) is 0 Å². The van der Waals surface area contributed by atoms with Crippen LogP contribution in [0.1, 0.15) is 55.8 Å². The second-order valence-corrected chi connectivity index (χ2v) is 7.72. The van der Waals surface area contributed by atoms with Crippen LogP contribution in [0, 0.1) is 0 Å². The topological polar surface area (TPSA) is 96.3 Å². The molecule has 32 heavy (non-hydrogen) atoms. The van der Waals surface area contributed by atoms with Gasteiger partial charge in [-0.25, -0.2) is 4.68 Å². The summed E-state index contributed by atoms with van der Waals surface area (Å²) in [5, 5.41) is 5.11. The van der Waals surface area contributed by atoms with Crippen molar-refractivity contribution in [1.82, 2.24) is 25.5 Å². The lowest BCUT2D eigenvalue weighted by molar-refractivity contribution is -0.127. The highest BCUT2D eigenvalue weighted by atomic mass is 16.2. The third-order valence-electron chi connectivity index (χ3n) is 5.37. The third-order valence-corrected chi connectivity index (χ3v) is 5.37. The van der Waals surface area contributed by atoms with Gasteiger partial charge < -0.3 is 0 Å². The van der Waals surface area contributed by atoms with E-state index in [0.717, 1.165) is 5.56 Å². The Morgan fingerprint density at radius 3 is 2.12 bits per heavy atom. The van der Waals surface area contributed by atoms with E-state index in [1.165, 1.54) is 4.68 Å². The van der Waals surface area contributed by atoms with E-state index in [1.54, 1.807) is 24.3 Å². The fourth-order valence-corrected chi connectivity index (χ4v) is 3.72. The van der Waals surface area contributed by atoms with Gasteiger partial charge in [0.05, 0.1) is 11.4 Å². The Kier molecular flexibility index (Phi) is 7.37. The first-order valence-corrected chi connectivity index (χ1v) is 10.8. The number of hydrogen-bond acceptors (Lipinski definition) is 5. The Morgan fingerprint density at radius 1 is 0.938 bits per heavy atom. The van der Waals surface area contributed by atoms with Gasteiger partial charge in [-0.1, -0.05) is 62.4 Å². The van der Waals surface area contributed by atoms with Gasteiger partial charge in [-0.3, -0.25) is 30.1 Å². The summed E-state index contributed by atoms with van der Waals surface area (Å²) >= 11 is 0. The van der Waals surface area contributed by atoms with E-state index in [0.29, 0.717) is 23.9 Å². The molecule has 2 N–H and O–H groups in total. The smallest absolute Gasteiger partial charge is 0.289 e. The summed E-state index contributed by atoms with van der Waals surface area (Å²) in [5.41, 5.74) is 5.68. The van der Waals surface area contributed by atoms with E-state index in [1.807, 2.05) is 62.9 Å². The number of nitrogens with one attached hydrogen (secondary N) is 2. The Balaban J connectivity index is 1.89. The van der Waals surface area contributed by atoms with Crippen LogP contribution in [0.4, 0.5) is 0 Å². The van der Waals surface area contributed by atoms with Crippen LogP contribution < -0.4 is 16.4 Å². The van der Waals surface area contributed by atoms with Crippen molar-refractivity contribution in [3.05, 3.63) is 76.2 Å². The minimum absolute atomic E-state index is 0.0771. The maximum atomic E-state index is 13.1. The molecule has 0 spiro atoms. The van der Waals surface area contributed by atoms with Gasteiger partial charge in [0, 0.05) is 5.39 Å². The number of amides is 2. The van der Waals surface area contributed by atoms with E-state index in [9.17, 15) is 14.4 Å². The predicted molar refractivity (Wildman–Crippen MR) is 124 cm³/mol. The molecular weight excluding hydrogens is 406 g/mol. The second-order valence-electron chi connectivity index (χ2n) is 7.72. The SMILES string of the molecule is CCN(CC)C(C(=O)NNC(=O)c1nn(C(C)C)c(=O)c2ccccc12)c1ccccc1. The number of fused-ring (bicyclic) bond motifs is 1. The maximum Gasteiger partial charge on any atom is 0.290 e. The number of likely N-dealkylation sites (N-methyl/N-ethyl adjacent to an activating group) is 1. The van der Waals surface area contributed by atoms with Crippen molar-refractivity contribution >= 4 is 22.6 Å². The molecule has 1 heterocycles. The molecule has 0 fully saturated rings. The van der Waals surface area contributed by atoms with Gasteiger partial charge in [0.1, 0.15) is 6.04 Å². The average molecular weight is 436 g/mol. The van der Waals surface area contributed by atoms with Gasteiger partial charge in [-0.2, -0.15) is 5.10 Å². The summed E-state index contributed by atoms with van der Waals surface area (Å²) < 4.78 is 1.28. The van der Waals surface area contributed by atoms with Crippen molar-refractivity contribution in [2.45, 2.75) is 39.8 Å². The summed E-state index contributed by atoms with van der Waals surface area (Å²) in [5.74, 6) is -0.940. The van der Waals surface area contributed by atoms with Gasteiger partial charge in [0.2, 0.25) is 0 Å². The molecule has 0 aliphatic heterocycles. The molecule has 1 unspecified atom stereocenters. The molecule has 2 amide bonds. The first-order chi connectivity index (χ1) is 15.4. The largest absolute Gasteiger partial charge is 0.290 e. The van der Waals surface area contributed by atoms with Crippen LogP contribution in [0.3, 0.4) is 0 Å². The van der Waals surface area contributed by atoms with Gasteiger partial charge in [-0.15, -0.1) is 0 Å². The number of rotatable bonds is 7. The van der Waals surface area contributed by atoms with Crippen LogP contribution in [-0.4, -0.2) is 39.6 Å². The number of hydrogen-bond donors (Lipinski definition) is 2. The first-order valence-electron chi connectivity index (χ1n) is 10.8. The minimum atomic E-state index is -0.588. The highest BCUT2D eigenvalue weighted by molar-refractivity contribution is 6.05. The number of hydrazine groups is 1. The molecule has 168 valence electrons. The lowest BCUT2D eigenvalue weighted by Gasteiger charge is -2.29. The molecule has 0 aliphatic carbocycles. The maximum absolute atomic E-state index is 13.1. The van der Waals surface area contributed by atoms with Crippen LogP contribution in [-0.2, 0) is 4.79 Å². The van der Waals surface area contributed by atoms with E-state index >= 15 is 0 Å². The summed E-state index contributed by atoms with van der Waals surface area (Å²) in [4.78, 5) is 40.8. The monoisotopic (exact) mass is 435 g/mol. The third kappa shape index (κ3) is 4.70. The average Bonchev–Trinajstić information content (AvgIpc) is 2.81.